The summed E-state index contributed by atoms with van der Waals surface area (Å²) in [6, 6.07) is 8.50. The minimum Gasteiger partial charge on any atom is -0.348 e. The smallest absolute Gasteiger partial charge is 0.234 e. The van der Waals surface area contributed by atoms with Crippen molar-refractivity contribution < 1.29 is 4.79 Å². The van der Waals surface area contributed by atoms with Gasteiger partial charge in [-0.25, -0.2) is 4.68 Å². The van der Waals surface area contributed by atoms with Gasteiger partial charge in [0, 0.05) is 31.7 Å². The molecule has 2 aromatic rings. The summed E-state index contributed by atoms with van der Waals surface area (Å²) in [6.45, 7) is 14.5. The van der Waals surface area contributed by atoms with E-state index in [2.05, 4.69) is 71.8 Å². The standard InChI is InChI=1S/C24H35N5O/c1-5-27-10-12-28(13-11-27)17-23(30)26-21-14-24(3,4)15-22-20(21)16-25-29(22)19-8-6-18(2)7-9-19/h6-9,16,21H,5,10-15,17H2,1-4H3,(H,26,30)/t21-/m1/s1. The lowest BCUT2D eigenvalue weighted by Gasteiger charge is -2.37. The minimum absolute atomic E-state index is 0.0207. The van der Waals surface area contributed by atoms with Gasteiger partial charge in [-0.2, -0.15) is 5.10 Å². The normalized spacial score (nSPS) is 21.9. The molecule has 1 aliphatic carbocycles. The number of hydrogen-bond donors (Lipinski definition) is 1. The molecule has 2 heterocycles. The van der Waals surface area contributed by atoms with Crippen LogP contribution in [-0.4, -0.2) is 64.8 Å². The van der Waals surface area contributed by atoms with Crippen LogP contribution in [0.25, 0.3) is 5.69 Å². The number of hydrogen-bond acceptors (Lipinski definition) is 4. The molecule has 0 radical (unpaired) electrons. The Morgan fingerprint density at radius 3 is 2.47 bits per heavy atom. The van der Waals surface area contributed by atoms with Gasteiger partial charge in [0.1, 0.15) is 0 Å². The lowest BCUT2D eigenvalue weighted by Crippen LogP contribution is -2.50. The molecule has 1 atom stereocenters. The van der Waals surface area contributed by atoms with Gasteiger partial charge in [0.15, 0.2) is 0 Å². The Hall–Kier alpha value is -2.18. The highest BCUT2D eigenvalue weighted by molar-refractivity contribution is 5.78. The molecule has 0 saturated carbocycles. The van der Waals surface area contributed by atoms with Crippen LogP contribution in [0.5, 0.6) is 0 Å². The first-order chi connectivity index (χ1) is 14.3. The van der Waals surface area contributed by atoms with Crippen molar-refractivity contribution >= 4 is 5.91 Å². The van der Waals surface area contributed by atoms with Crippen LogP contribution in [0.2, 0.25) is 0 Å². The van der Waals surface area contributed by atoms with Crippen molar-refractivity contribution in [1.82, 2.24) is 24.9 Å². The summed E-state index contributed by atoms with van der Waals surface area (Å²) in [7, 11) is 0. The Balaban J connectivity index is 1.48. The fourth-order valence-electron chi connectivity index (χ4n) is 4.79. The quantitative estimate of drug-likeness (QED) is 0.825. The molecule has 0 unspecified atom stereocenters. The number of aromatic nitrogens is 2. The lowest BCUT2D eigenvalue weighted by atomic mass is 9.74. The minimum atomic E-state index is 0.0207. The molecule has 0 bridgehead atoms. The summed E-state index contributed by atoms with van der Waals surface area (Å²) in [5.74, 6) is 0.122. The number of likely N-dealkylation sites (N-methyl/N-ethyl adjacent to an activating group) is 1. The summed E-state index contributed by atoms with van der Waals surface area (Å²) in [6.07, 6.45) is 3.85. The van der Waals surface area contributed by atoms with Crippen molar-refractivity contribution in [2.24, 2.45) is 5.41 Å². The maximum absolute atomic E-state index is 12.9. The number of nitrogens with one attached hydrogen (secondary N) is 1. The maximum atomic E-state index is 12.9. The van der Waals surface area contributed by atoms with E-state index in [4.69, 9.17) is 5.10 Å². The molecule has 1 saturated heterocycles. The number of amides is 1. The Bertz CT molecular complexity index is 878. The number of carbonyl (C=O) groups excluding carboxylic acids is 1. The summed E-state index contributed by atoms with van der Waals surface area (Å²) < 4.78 is 2.05. The molecule has 1 amide bonds. The zero-order valence-corrected chi connectivity index (χ0v) is 18.8. The number of piperazine rings is 1. The largest absolute Gasteiger partial charge is 0.348 e. The molecule has 1 aliphatic heterocycles. The van der Waals surface area contributed by atoms with E-state index in [9.17, 15) is 4.79 Å². The SMILES string of the molecule is CCN1CCN(CC(=O)N[C@@H]2CC(C)(C)Cc3c2cnn3-c2ccc(C)cc2)CC1. The number of carbonyl (C=O) groups is 1. The van der Waals surface area contributed by atoms with Crippen LogP contribution >= 0.6 is 0 Å². The van der Waals surface area contributed by atoms with Crippen LogP contribution in [-0.2, 0) is 11.2 Å². The monoisotopic (exact) mass is 409 g/mol. The summed E-state index contributed by atoms with van der Waals surface area (Å²) in [5, 5.41) is 8.03. The van der Waals surface area contributed by atoms with Gasteiger partial charge in [0.05, 0.1) is 30.2 Å². The molecule has 1 fully saturated rings. The first-order valence-electron chi connectivity index (χ1n) is 11.2. The van der Waals surface area contributed by atoms with Crippen molar-refractivity contribution in [3.05, 3.63) is 47.3 Å². The van der Waals surface area contributed by atoms with Crippen LogP contribution < -0.4 is 5.32 Å². The maximum Gasteiger partial charge on any atom is 0.234 e. The predicted molar refractivity (Wildman–Crippen MR) is 120 cm³/mol. The zero-order valence-electron chi connectivity index (χ0n) is 18.8. The van der Waals surface area contributed by atoms with Crippen molar-refractivity contribution in [2.75, 3.05) is 39.3 Å². The Morgan fingerprint density at radius 1 is 1.13 bits per heavy atom. The highest BCUT2D eigenvalue weighted by Crippen LogP contribution is 2.41. The van der Waals surface area contributed by atoms with E-state index in [0.29, 0.717) is 6.54 Å². The number of rotatable bonds is 5. The Kier molecular flexibility index (Phi) is 5.98. The van der Waals surface area contributed by atoms with Gasteiger partial charge in [0.2, 0.25) is 5.91 Å². The molecule has 1 aromatic heterocycles. The van der Waals surface area contributed by atoms with E-state index in [1.807, 2.05) is 6.20 Å². The Labute approximate surface area is 180 Å². The number of nitrogens with zero attached hydrogens (tertiary/aromatic N) is 4. The van der Waals surface area contributed by atoms with Crippen molar-refractivity contribution in [1.29, 1.82) is 0 Å². The first kappa shape index (κ1) is 21.1. The van der Waals surface area contributed by atoms with Gasteiger partial charge < -0.3 is 10.2 Å². The van der Waals surface area contributed by atoms with E-state index in [-0.39, 0.29) is 17.4 Å². The fourth-order valence-corrected chi connectivity index (χ4v) is 4.79. The summed E-state index contributed by atoms with van der Waals surface area (Å²) in [4.78, 5) is 17.6. The predicted octanol–water partition coefficient (Wildman–Crippen LogP) is 2.95. The summed E-state index contributed by atoms with van der Waals surface area (Å²) in [5.41, 5.74) is 4.82. The molecule has 162 valence electrons. The lowest BCUT2D eigenvalue weighted by molar-refractivity contribution is -0.123. The van der Waals surface area contributed by atoms with E-state index in [1.54, 1.807) is 0 Å². The van der Waals surface area contributed by atoms with Gasteiger partial charge in [-0.15, -0.1) is 0 Å². The third-order valence-corrected chi connectivity index (χ3v) is 6.57. The molecule has 6 heteroatoms. The molecule has 2 aliphatic rings. The van der Waals surface area contributed by atoms with Crippen LogP contribution in [0, 0.1) is 12.3 Å². The average Bonchev–Trinajstić information content (AvgIpc) is 3.12. The Morgan fingerprint density at radius 2 is 1.80 bits per heavy atom. The second-order valence-electron chi connectivity index (χ2n) is 9.67. The first-order valence-corrected chi connectivity index (χ1v) is 11.2. The summed E-state index contributed by atoms with van der Waals surface area (Å²) >= 11 is 0. The van der Waals surface area contributed by atoms with E-state index in [0.717, 1.165) is 51.3 Å². The highest BCUT2D eigenvalue weighted by atomic mass is 16.2. The van der Waals surface area contributed by atoms with E-state index >= 15 is 0 Å². The molecular formula is C24H35N5O. The second-order valence-corrected chi connectivity index (χ2v) is 9.67. The fraction of sp³-hybridized carbons (Fsp3) is 0.583. The van der Waals surface area contributed by atoms with E-state index < -0.39 is 0 Å². The molecule has 0 spiro atoms. The number of fused-ring (bicyclic) bond motifs is 1. The second kappa shape index (κ2) is 8.52. The van der Waals surface area contributed by atoms with Gasteiger partial charge in [0.25, 0.3) is 0 Å². The average molecular weight is 410 g/mol. The molecule has 6 nitrogen and oxygen atoms in total. The molecule has 4 rings (SSSR count). The molecule has 1 N–H and O–H groups in total. The van der Waals surface area contributed by atoms with Gasteiger partial charge >= 0.3 is 0 Å². The van der Waals surface area contributed by atoms with Crippen LogP contribution in [0.4, 0.5) is 0 Å². The van der Waals surface area contributed by atoms with Crippen molar-refractivity contribution in [3.8, 4) is 5.69 Å². The van der Waals surface area contributed by atoms with Crippen LogP contribution in [0.3, 0.4) is 0 Å². The third-order valence-electron chi connectivity index (χ3n) is 6.57. The number of aryl methyl sites for hydroxylation is 1. The van der Waals surface area contributed by atoms with Gasteiger partial charge in [-0.3, -0.25) is 9.69 Å². The molecule has 30 heavy (non-hydrogen) atoms. The molecular weight excluding hydrogens is 374 g/mol. The van der Waals surface area contributed by atoms with E-state index in [1.165, 1.54) is 16.8 Å². The van der Waals surface area contributed by atoms with Gasteiger partial charge in [-0.05, 0) is 43.9 Å². The van der Waals surface area contributed by atoms with Gasteiger partial charge in [-0.1, -0.05) is 38.5 Å². The molecule has 1 aromatic carbocycles. The topological polar surface area (TPSA) is 53.4 Å². The van der Waals surface area contributed by atoms with Crippen LogP contribution in [0.1, 0.15) is 50.1 Å². The third kappa shape index (κ3) is 4.60. The van der Waals surface area contributed by atoms with Crippen molar-refractivity contribution in [2.45, 2.75) is 46.6 Å². The van der Waals surface area contributed by atoms with Crippen LogP contribution in [0.15, 0.2) is 30.5 Å². The van der Waals surface area contributed by atoms with Crippen molar-refractivity contribution in [3.63, 3.8) is 0 Å². The zero-order chi connectivity index (χ0) is 21.3. The highest BCUT2D eigenvalue weighted by Gasteiger charge is 2.36. The number of benzene rings is 1.